The highest BCUT2D eigenvalue weighted by Crippen LogP contribution is 2.20. The van der Waals surface area contributed by atoms with E-state index in [0.717, 1.165) is 0 Å². The molecule has 2 heterocycles. The van der Waals surface area contributed by atoms with Gasteiger partial charge in [-0.2, -0.15) is 0 Å². The Morgan fingerprint density at radius 1 is 0.913 bits per heavy atom. The van der Waals surface area contributed by atoms with Crippen LogP contribution in [0.25, 0.3) is 0 Å². The maximum atomic E-state index is 12.4. The zero-order chi connectivity index (χ0) is 17.4. The first-order valence-electron chi connectivity index (χ1n) is 7.55. The van der Waals surface area contributed by atoms with Crippen molar-refractivity contribution >= 4 is 31.5 Å². The van der Waals surface area contributed by atoms with Gasteiger partial charge in [0.1, 0.15) is 0 Å². The van der Waals surface area contributed by atoms with Crippen molar-refractivity contribution in [1.29, 1.82) is 0 Å². The van der Waals surface area contributed by atoms with Crippen LogP contribution < -0.4 is 0 Å². The van der Waals surface area contributed by atoms with Gasteiger partial charge < -0.3 is 9.80 Å². The summed E-state index contributed by atoms with van der Waals surface area (Å²) in [5.41, 5.74) is 0. The molecule has 0 aliphatic carbocycles. The van der Waals surface area contributed by atoms with E-state index in [-0.39, 0.29) is 29.6 Å². The molecule has 2 aliphatic heterocycles. The van der Waals surface area contributed by atoms with Crippen molar-refractivity contribution < 1.29 is 26.4 Å². The van der Waals surface area contributed by atoms with Crippen LogP contribution >= 0.6 is 0 Å². The SMILES string of the molecule is CCN(C(=O)C(=O)N(C)C1CCS(=O)(=O)C1)C1CCS(=O)(=O)C1. The molecule has 2 fully saturated rings. The number of sulfone groups is 2. The summed E-state index contributed by atoms with van der Waals surface area (Å²) >= 11 is 0. The summed E-state index contributed by atoms with van der Waals surface area (Å²) in [4.78, 5) is 27.2. The molecule has 2 aliphatic rings. The number of amides is 2. The smallest absolute Gasteiger partial charge is 0.312 e. The van der Waals surface area contributed by atoms with Crippen molar-refractivity contribution in [2.45, 2.75) is 31.8 Å². The average Bonchev–Trinajstić information content (AvgIpc) is 3.00. The monoisotopic (exact) mass is 366 g/mol. The Bertz CT molecular complexity index is 700. The van der Waals surface area contributed by atoms with Gasteiger partial charge in [0, 0.05) is 25.7 Å². The lowest BCUT2D eigenvalue weighted by molar-refractivity contribution is -0.153. The second-order valence-corrected chi connectivity index (χ2v) is 10.6. The summed E-state index contributed by atoms with van der Waals surface area (Å²) in [6.45, 7) is 1.93. The second-order valence-electron chi connectivity index (χ2n) is 6.12. The maximum Gasteiger partial charge on any atom is 0.312 e. The lowest BCUT2D eigenvalue weighted by atomic mass is 10.2. The Balaban J connectivity index is 2.07. The molecule has 0 aromatic heterocycles. The first-order valence-corrected chi connectivity index (χ1v) is 11.2. The van der Waals surface area contributed by atoms with Gasteiger partial charge in [-0.1, -0.05) is 0 Å². The van der Waals surface area contributed by atoms with E-state index in [4.69, 9.17) is 0 Å². The molecule has 0 N–H and O–H groups in total. The van der Waals surface area contributed by atoms with Crippen molar-refractivity contribution in [3.63, 3.8) is 0 Å². The molecule has 2 unspecified atom stereocenters. The molecule has 0 bridgehead atoms. The molecule has 23 heavy (non-hydrogen) atoms. The first-order chi connectivity index (χ1) is 10.6. The molecule has 0 spiro atoms. The minimum atomic E-state index is -3.16. The Hall–Kier alpha value is -1.16. The van der Waals surface area contributed by atoms with Crippen LogP contribution in [0.3, 0.4) is 0 Å². The van der Waals surface area contributed by atoms with Crippen LogP contribution in [-0.2, 0) is 29.3 Å². The number of carbonyl (C=O) groups is 2. The van der Waals surface area contributed by atoms with Gasteiger partial charge in [-0.3, -0.25) is 9.59 Å². The third-order valence-corrected chi connectivity index (χ3v) is 8.01. The van der Waals surface area contributed by atoms with Gasteiger partial charge >= 0.3 is 11.8 Å². The van der Waals surface area contributed by atoms with Gasteiger partial charge in [0.2, 0.25) is 0 Å². The quantitative estimate of drug-likeness (QED) is 0.573. The van der Waals surface area contributed by atoms with Crippen molar-refractivity contribution in [2.75, 3.05) is 36.6 Å². The van der Waals surface area contributed by atoms with Crippen LogP contribution in [0, 0.1) is 0 Å². The van der Waals surface area contributed by atoms with Crippen LogP contribution in [0.1, 0.15) is 19.8 Å². The van der Waals surface area contributed by atoms with Crippen molar-refractivity contribution in [3.8, 4) is 0 Å². The molecule has 2 amide bonds. The minimum absolute atomic E-state index is 0.0157. The van der Waals surface area contributed by atoms with Gasteiger partial charge in [0.25, 0.3) is 0 Å². The van der Waals surface area contributed by atoms with E-state index in [2.05, 4.69) is 0 Å². The third kappa shape index (κ3) is 4.03. The number of nitrogens with zero attached hydrogens (tertiary/aromatic N) is 2. The molecule has 8 nitrogen and oxygen atoms in total. The van der Waals surface area contributed by atoms with E-state index >= 15 is 0 Å². The average molecular weight is 366 g/mol. The van der Waals surface area contributed by atoms with Crippen molar-refractivity contribution in [1.82, 2.24) is 9.80 Å². The van der Waals surface area contributed by atoms with E-state index in [1.807, 2.05) is 0 Å². The number of rotatable bonds is 3. The molecule has 0 radical (unpaired) electrons. The van der Waals surface area contributed by atoms with Crippen LogP contribution in [0.15, 0.2) is 0 Å². The van der Waals surface area contributed by atoms with Gasteiger partial charge in [0.05, 0.1) is 23.0 Å². The molecule has 0 aromatic rings. The van der Waals surface area contributed by atoms with Crippen LogP contribution in [0.2, 0.25) is 0 Å². The van der Waals surface area contributed by atoms with Crippen LogP contribution in [-0.4, -0.2) is 87.1 Å². The normalized spacial score (nSPS) is 28.4. The third-order valence-electron chi connectivity index (χ3n) is 4.51. The fourth-order valence-corrected chi connectivity index (χ4v) is 6.61. The topological polar surface area (TPSA) is 109 Å². The number of likely N-dealkylation sites (N-methyl/N-ethyl adjacent to an activating group) is 2. The summed E-state index contributed by atoms with van der Waals surface area (Å²) in [7, 11) is -4.89. The summed E-state index contributed by atoms with van der Waals surface area (Å²) in [5.74, 6) is -1.76. The van der Waals surface area contributed by atoms with Gasteiger partial charge in [0.15, 0.2) is 19.7 Å². The van der Waals surface area contributed by atoms with E-state index < -0.39 is 43.6 Å². The predicted molar refractivity (Wildman–Crippen MR) is 84.3 cm³/mol. The number of hydrogen-bond acceptors (Lipinski definition) is 6. The molecular formula is C13H22N2O6S2. The Labute approximate surface area is 136 Å². The number of carbonyl (C=O) groups excluding carboxylic acids is 2. The van der Waals surface area contributed by atoms with E-state index in [9.17, 15) is 26.4 Å². The fraction of sp³-hybridized carbons (Fsp3) is 0.846. The number of hydrogen-bond donors (Lipinski definition) is 0. The summed E-state index contributed by atoms with van der Waals surface area (Å²) in [6, 6.07) is -0.982. The van der Waals surface area contributed by atoms with Crippen LogP contribution in [0.5, 0.6) is 0 Å². The highest BCUT2D eigenvalue weighted by atomic mass is 32.2. The molecule has 0 saturated carbocycles. The lowest BCUT2D eigenvalue weighted by Crippen LogP contribution is -2.51. The Kier molecular flexibility index (Phi) is 5.05. The molecule has 2 rings (SSSR count). The van der Waals surface area contributed by atoms with Crippen LogP contribution in [0.4, 0.5) is 0 Å². The standard InChI is InChI=1S/C13H22N2O6S2/c1-3-15(11-5-7-23(20,21)9-11)13(17)12(16)14(2)10-4-6-22(18,19)8-10/h10-11H,3-9H2,1-2H3. The van der Waals surface area contributed by atoms with Crippen molar-refractivity contribution in [3.05, 3.63) is 0 Å². The highest BCUT2D eigenvalue weighted by Gasteiger charge is 2.39. The van der Waals surface area contributed by atoms with Crippen molar-refractivity contribution in [2.24, 2.45) is 0 Å². The molecule has 2 atom stereocenters. The first kappa shape index (κ1) is 18.2. The van der Waals surface area contributed by atoms with E-state index in [1.165, 1.54) is 16.8 Å². The zero-order valence-electron chi connectivity index (χ0n) is 13.3. The summed E-state index contributed by atoms with van der Waals surface area (Å²) in [5, 5.41) is 0. The fourth-order valence-electron chi connectivity index (χ4n) is 3.11. The zero-order valence-corrected chi connectivity index (χ0v) is 14.9. The highest BCUT2D eigenvalue weighted by molar-refractivity contribution is 7.91. The molecular weight excluding hydrogens is 344 g/mol. The molecule has 2 saturated heterocycles. The second kappa shape index (κ2) is 6.39. The Morgan fingerprint density at radius 2 is 1.39 bits per heavy atom. The van der Waals surface area contributed by atoms with E-state index in [0.29, 0.717) is 12.8 Å². The van der Waals surface area contributed by atoms with Gasteiger partial charge in [-0.05, 0) is 19.8 Å². The minimum Gasteiger partial charge on any atom is -0.333 e. The molecule has 0 aromatic carbocycles. The largest absolute Gasteiger partial charge is 0.333 e. The lowest BCUT2D eigenvalue weighted by Gasteiger charge is -2.30. The molecule has 10 heteroatoms. The summed E-state index contributed by atoms with van der Waals surface area (Å²) in [6.07, 6.45) is 0.651. The Morgan fingerprint density at radius 3 is 1.78 bits per heavy atom. The van der Waals surface area contributed by atoms with Gasteiger partial charge in [-0.15, -0.1) is 0 Å². The maximum absolute atomic E-state index is 12.4. The summed E-state index contributed by atoms with van der Waals surface area (Å²) < 4.78 is 46.2. The predicted octanol–water partition coefficient (Wildman–Crippen LogP) is -1.33. The van der Waals surface area contributed by atoms with Gasteiger partial charge in [-0.25, -0.2) is 16.8 Å². The molecule has 132 valence electrons. The van der Waals surface area contributed by atoms with E-state index in [1.54, 1.807) is 6.92 Å².